The first kappa shape index (κ1) is 29.4. The Balaban J connectivity index is 0.000000425. The van der Waals surface area contributed by atoms with Gasteiger partial charge < -0.3 is 24.8 Å². The van der Waals surface area contributed by atoms with Gasteiger partial charge in [-0.3, -0.25) is 0 Å². The van der Waals surface area contributed by atoms with Crippen molar-refractivity contribution in [1.82, 2.24) is 0 Å². The van der Waals surface area contributed by atoms with Gasteiger partial charge in [0.25, 0.3) is 0 Å². The van der Waals surface area contributed by atoms with E-state index in [1.54, 1.807) is 0 Å². The number of benzene rings is 3. The van der Waals surface area contributed by atoms with E-state index >= 15 is 0 Å². The van der Waals surface area contributed by atoms with Crippen LogP contribution in [0.15, 0.2) is 84.5 Å². The van der Waals surface area contributed by atoms with Crippen LogP contribution in [0.1, 0.15) is 49.4 Å². The third-order valence-corrected chi connectivity index (χ3v) is 5.63. The fraction of sp³-hybridized carbons (Fsp3) is 0.200. The summed E-state index contributed by atoms with van der Waals surface area (Å²) in [4.78, 5) is 0. The predicted octanol–water partition coefficient (Wildman–Crippen LogP) is 1.66. The molecule has 0 heterocycles. The molecule has 0 nitrogen and oxygen atoms in total. The molecule has 0 fully saturated rings. The van der Waals surface area contributed by atoms with E-state index in [-0.39, 0.29) is 30.2 Å². The van der Waals surface area contributed by atoms with Gasteiger partial charge in [-0.15, -0.1) is 47.0 Å². The summed E-state index contributed by atoms with van der Waals surface area (Å²) in [5.74, 6) is 0. The molecular weight excluding hydrogens is 522 g/mol. The number of rotatable bonds is 1. The average molecular weight is 553 g/mol. The van der Waals surface area contributed by atoms with Gasteiger partial charge >= 0.3 is 28.4 Å². The molecule has 0 bridgehead atoms. The Bertz CT molecular complexity index is 1110. The third-order valence-electron chi connectivity index (χ3n) is 5.63. The molecule has 3 aromatic carbocycles. The van der Waals surface area contributed by atoms with Crippen molar-refractivity contribution in [3.8, 4) is 11.1 Å². The second-order valence-corrected chi connectivity index (χ2v) is 8.87. The van der Waals surface area contributed by atoms with Gasteiger partial charge in [-0.25, -0.2) is 0 Å². The zero-order valence-corrected chi connectivity index (χ0v) is 23.6. The van der Waals surface area contributed by atoms with Gasteiger partial charge in [0.05, 0.1) is 0 Å². The van der Waals surface area contributed by atoms with E-state index in [1.165, 1.54) is 63.2 Å². The predicted molar refractivity (Wildman–Crippen MR) is 132 cm³/mol. The first-order valence-electron chi connectivity index (χ1n) is 10.7. The standard InChI is InChI=1S/C22H21.C7H7.CH2.2ClH.Zr/c1-22(2,3)19-10-8-16(14-19)15-9-11-21-18(12-15)13-17-6-4-5-7-20(17)21;1-7-5-3-2-4-6-7;;;;/h4-7,9-11,14H,8,13H2,1-3H3;2-6H,1H2;1H2;2*1H;/q2*-1;;;;+2/p-2. The molecule has 3 heteroatoms. The Morgan fingerprint density at radius 1 is 0.848 bits per heavy atom. The van der Waals surface area contributed by atoms with Crippen molar-refractivity contribution in [3.63, 3.8) is 0 Å². The van der Waals surface area contributed by atoms with Crippen LogP contribution in [0.3, 0.4) is 0 Å². The fourth-order valence-corrected chi connectivity index (χ4v) is 3.96. The summed E-state index contributed by atoms with van der Waals surface area (Å²) in [5.41, 5.74) is 10.9. The van der Waals surface area contributed by atoms with Crippen LogP contribution in [0.25, 0.3) is 16.7 Å². The van der Waals surface area contributed by atoms with E-state index in [2.05, 4.69) is 86.5 Å². The van der Waals surface area contributed by atoms with Crippen LogP contribution < -0.4 is 24.8 Å². The third kappa shape index (κ3) is 7.41. The van der Waals surface area contributed by atoms with Crippen molar-refractivity contribution in [2.24, 2.45) is 5.41 Å². The van der Waals surface area contributed by atoms with Crippen molar-refractivity contribution in [3.05, 3.63) is 120 Å². The largest absolute Gasteiger partial charge is 1.00 e. The molecule has 0 radical (unpaired) electrons. The summed E-state index contributed by atoms with van der Waals surface area (Å²) in [6.45, 7) is 10.6. The molecular formula is C30H30Cl2Zr-2. The maximum atomic E-state index is 3.72. The first-order chi connectivity index (χ1) is 14.9. The molecule has 0 spiro atoms. The van der Waals surface area contributed by atoms with Crippen LogP contribution in [0.2, 0.25) is 0 Å². The van der Waals surface area contributed by atoms with E-state index in [0.29, 0.717) is 0 Å². The van der Waals surface area contributed by atoms with Gasteiger partial charge in [0, 0.05) is 0 Å². The van der Waals surface area contributed by atoms with Crippen LogP contribution in [0, 0.1) is 18.4 Å². The Morgan fingerprint density at radius 3 is 2.06 bits per heavy atom. The molecule has 0 aliphatic heterocycles. The van der Waals surface area contributed by atoms with Crippen molar-refractivity contribution >= 4 is 9.78 Å². The molecule has 0 N–H and O–H groups in total. The number of allylic oxidation sites excluding steroid dienone is 4. The molecule has 2 aliphatic rings. The smallest absolute Gasteiger partial charge is 1.00 e. The van der Waals surface area contributed by atoms with Gasteiger partial charge in [-0.2, -0.15) is 24.6 Å². The van der Waals surface area contributed by atoms with E-state index in [0.717, 1.165) is 18.4 Å². The van der Waals surface area contributed by atoms with Crippen LogP contribution in [0.4, 0.5) is 0 Å². The van der Waals surface area contributed by atoms with Crippen molar-refractivity contribution in [1.29, 1.82) is 0 Å². The molecule has 0 saturated heterocycles. The van der Waals surface area contributed by atoms with E-state index in [9.17, 15) is 0 Å². The minimum atomic E-state index is 0. The normalized spacial score (nSPS) is 12.8. The molecule has 0 unspecified atom stereocenters. The molecule has 0 saturated carbocycles. The summed E-state index contributed by atoms with van der Waals surface area (Å²) in [7, 11) is 0. The second-order valence-electron chi connectivity index (χ2n) is 8.87. The van der Waals surface area contributed by atoms with Crippen molar-refractivity contribution < 1.29 is 49.0 Å². The van der Waals surface area contributed by atoms with Gasteiger partial charge in [-0.1, -0.05) is 80.0 Å². The SMILES string of the molecule is CC(C)(C)C1=CCC(c2[c-]c3c(cc2)-c2ccccc2C3)=C1.[CH2-]c1ccccc1.[CH2]=[Zr+2].[Cl-].[Cl-]. The van der Waals surface area contributed by atoms with Crippen LogP contribution in [-0.4, -0.2) is 4.21 Å². The van der Waals surface area contributed by atoms with Crippen LogP contribution in [-0.2, 0) is 30.7 Å². The second kappa shape index (κ2) is 13.3. The average Bonchev–Trinajstić information content (AvgIpc) is 3.41. The van der Waals surface area contributed by atoms with Crippen LogP contribution in [0.5, 0.6) is 0 Å². The Hall–Kier alpha value is -1.66. The van der Waals surface area contributed by atoms with E-state index < -0.39 is 0 Å². The molecule has 0 amide bonds. The summed E-state index contributed by atoms with van der Waals surface area (Å²) in [5, 5.41) is 0. The molecule has 5 rings (SSSR count). The topological polar surface area (TPSA) is 0 Å². The number of hydrogen-bond acceptors (Lipinski definition) is 0. The minimum absolute atomic E-state index is 0. The zero-order chi connectivity index (χ0) is 22.4. The monoisotopic (exact) mass is 550 g/mol. The number of hydrogen-bond donors (Lipinski definition) is 0. The van der Waals surface area contributed by atoms with Gasteiger partial charge in [0.15, 0.2) is 0 Å². The molecule has 33 heavy (non-hydrogen) atoms. The molecule has 2 aliphatic carbocycles. The van der Waals surface area contributed by atoms with Crippen molar-refractivity contribution in [2.75, 3.05) is 0 Å². The van der Waals surface area contributed by atoms with E-state index in [4.69, 9.17) is 0 Å². The summed E-state index contributed by atoms with van der Waals surface area (Å²) >= 11 is 1.30. The van der Waals surface area contributed by atoms with E-state index in [1.807, 2.05) is 30.3 Å². The number of halogens is 2. The molecule has 170 valence electrons. The maximum absolute atomic E-state index is 3.72. The quantitative estimate of drug-likeness (QED) is 0.315. The number of fused-ring (bicyclic) bond motifs is 3. The minimum Gasteiger partial charge on any atom is -1.00 e. The Labute approximate surface area is 227 Å². The molecule has 3 aromatic rings. The Kier molecular flexibility index (Phi) is 11.8. The van der Waals surface area contributed by atoms with Gasteiger partial charge in [-0.05, 0) is 23.8 Å². The van der Waals surface area contributed by atoms with Gasteiger partial charge in [0.2, 0.25) is 0 Å². The Morgan fingerprint density at radius 2 is 1.48 bits per heavy atom. The fourth-order valence-electron chi connectivity index (χ4n) is 3.96. The van der Waals surface area contributed by atoms with Crippen LogP contribution >= 0.6 is 0 Å². The first-order valence-corrected chi connectivity index (χ1v) is 12.4. The summed E-state index contributed by atoms with van der Waals surface area (Å²) in [6, 6.07) is 26.8. The summed E-state index contributed by atoms with van der Waals surface area (Å²) < 4.78 is 3.34. The molecule has 0 aromatic heterocycles. The van der Waals surface area contributed by atoms with Gasteiger partial charge in [0.1, 0.15) is 0 Å². The van der Waals surface area contributed by atoms with Crippen molar-refractivity contribution in [2.45, 2.75) is 33.6 Å². The molecule has 0 atom stereocenters. The summed E-state index contributed by atoms with van der Waals surface area (Å²) in [6.07, 6.45) is 6.78. The maximum Gasteiger partial charge on any atom is -1.00 e. The zero-order valence-electron chi connectivity index (χ0n) is 19.6.